The third-order valence-corrected chi connectivity index (χ3v) is 3.93. The number of carbonyl (C=O) groups is 2. The molecule has 1 aliphatic heterocycles. The minimum Gasteiger partial charge on any atom is -0.497 e. The monoisotopic (exact) mass is 296 g/mol. The fraction of sp³-hybridized carbons (Fsp3) is 0.250. The molecule has 2 rings (SSSR count). The highest BCUT2D eigenvalue weighted by Gasteiger charge is 2.28. The van der Waals surface area contributed by atoms with Gasteiger partial charge in [-0.25, -0.2) is 0 Å². The number of amides is 2. The maximum absolute atomic E-state index is 11.8. The molecular formula is C12H12N2O3S2. The molecule has 0 spiro atoms. The number of carbonyl (C=O) groups excluding carboxylic acids is 2. The number of hydrogen-bond acceptors (Lipinski definition) is 5. The molecule has 100 valence electrons. The molecule has 1 fully saturated rings. The molecule has 0 aromatic heterocycles. The number of hydrogen-bond donors (Lipinski definition) is 1. The largest absolute Gasteiger partial charge is 0.497 e. The SMILES string of the molecule is COc1cccc(NC(=O)CN2C(=O)CSC2=S)c1. The molecular weight excluding hydrogens is 284 g/mol. The summed E-state index contributed by atoms with van der Waals surface area (Å²) < 4.78 is 5.51. The fourth-order valence-electron chi connectivity index (χ4n) is 1.58. The molecule has 1 N–H and O–H groups in total. The first-order chi connectivity index (χ1) is 9.10. The van der Waals surface area contributed by atoms with Crippen LogP contribution in [-0.4, -0.2) is 40.4 Å². The van der Waals surface area contributed by atoms with Crippen LogP contribution in [0.5, 0.6) is 5.75 Å². The Hall–Kier alpha value is -1.60. The Labute approximate surface area is 120 Å². The zero-order valence-electron chi connectivity index (χ0n) is 10.2. The number of ether oxygens (including phenoxy) is 1. The highest BCUT2D eigenvalue weighted by Crippen LogP contribution is 2.20. The third kappa shape index (κ3) is 3.45. The number of methoxy groups -OCH3 is 1. The van der Waals surface area contributed by atoms with E-state index in [-0.39, 0.29) is 18.4 Å². The van der Waals surface area contributed by atoms with E-state index < -0.39 is 0 Å². The number of benzene rings is 1. The van der Waals surface area contributed by atoms with Gasteiger partial charge in [0, 0.05) is 11.8 Å². The van der Waals surface area contributed by atoms with Gasteiger partial charge in [-0.1, -0.05) is 30.0 Å². The first-order valence-corrected chi connectivity index (χ1v) is 6.90. The van der Waals surface area contributed by atoms with E-state index in [1.807, 2.05) is 0 Å². The Morgan fingerprint density at radius 2 is 2.37 bits per heavy atom. The Bertz CT molecular complexity index is 517. The molecule has 1 aromatic carbocycles. The van der Waals surface area contributed by atoms with E-state index in [9.17, 15) is 9.59 Å². The van der Waals surface area contributed by atoms with Crippen LogP contribution in [0.2, 0.25) is 0 Å². The number of nitrogens with one attached hydrogen (secondary N) is 1. The number of rotatable bonds is 4. The van der Waals surface area contributed by atoms with E-state index in [2.05, 4.69) is 5.32 Å². The number of thiocarbonyl (C=S) groups is 1. The number of nitrogens with zero attached hydrogens (tertiary/aromatic N) is 1. The van der Waals surface area contributed by atoms with E-state index in [0.29, 0.717) is 21.5 Å². The van der Waals surface area contributed by atoms with Crippen molar-refractivity contribution in [2.75, 3.05) is 24.7 Å². The van der Waals surface area contributed by atoms with Crippen molar-refractivity contribution >= 4 is 45.8 Å². The lowest BCUT2D eigenvalue weighted by atomic mass is 10.3. The first kappa shape index (κ1) is 13.8. The van der Waals surface area contributed by atoms with Gasteiger partial charge in [-0.15, -0.1) is 0 Å². The normalized spacial score (nSPS) is 14.7. The van der Waals surface area contributed by atoms with Crippen molar-refractivity contribution < 1.29 is 14.3 Å². The average molecular weight is 296 g/mol. The standard InChI is InChI=1S/C12H12N2O3S2/c1-17-9-4-2-3-8(5-9)13-10(15)6-14-11(16)7-19-12(14)18/h2-5H,6-7H2,1H3,(H,13,15). The van der Waals surface area contributed by atoms with Crippen LogP contribution in [0, 0.1) is 0 Å². The van der Waals surface area contributed by atoms with Crippen LogP contribution in [-0.2, 0) is 9.59 Å². The van der Waals surface area contributed by atoms with Crippen molar-refractivity contribution in [3.05, 3.63) is 24.3 Å². The van der Waals surface area contributed by atoms with Crippen LogP contribution in [0.25, 0.3) is 0 Å². The van der Waals surface area contributed by atoms with Gasteiger partial charge in [-0.3, -0.25) is 14.5 Å². The molecule has 19 heavy (non-hydrogen) atoms. The Kier molecular flexibility index (Phi) is 4.39. The van der Waals surface area contributed by atoms with Crippen molar-refractivity contribution in [3.8, 4) is 5.75 Å². The molecule has 1 aliphatic rings. The van der Waals surface area contributed by atoms with Gasteiger partial charge < -0.3 is 10.1 Å². The molecule has 1 saturated heterocycles. The van der Waals surface area contributed by atoms with E-state index in [1.54, 1.807) is 31.4 Å². The molecule has 0 bridgehead atoms. The zero-order valence-corrected chi connectivity index (χ0v) is 11.8. The number of anilines is 1. The molecule has 2 amide bonds. The molecule has 5 nitrogen and oxygen atoms in total. The highest BCUT2D eigenvalue weighted by molar-refractivity contribution is 8.23. The highest BCUT2D eigenvalue weighted by atomic mass is 32.2. The second-order valence-corrected chi connectivity index (χ2v) is 5.42. The maximum atomic E-state index is 11.8. The van der Waals surface area contributed by atoms with Crippen molar-refractivity contribution in [1.82, 2.24) is 4.90 Å². The molecule has 0 atom stereocenters. The van der Waals surface area contributed by atoms with Crippen LogP contribution in [0.3, 0.4) is 0 Å². The topological polar surface area (TPSA) is 58.6 Å². The van der Waals surface area contributed by atoms with E-state index >= 15 is 0 Å². The first-order valence-electron chi connectivity index (χ1n) is 5.51. The number of thioether (sulfide) groups is 1. The van der Waals surface area contributed by atoms with Gasteiger partial charge in [0.15, 0.2) is 0 Å². The van der Waals surface area contributed by atoms with Gasteiger partial charge in [-0.2, -0.15) is 0 Å². The zero-order chi connectivity index (χ0) is 13.8. The van der Waals surface area contributed by atoms with Gasteiger partial charge in [-0.05, 0) is 12.1 Å². The fourth-order valence-corrected chi connectivity index (χ4v) is 2.65. The van der Waals surface area contributed by atoms with Crippen molar-refractivity contribution in [2.45, 2.75) is 0 Å². The molecule has 7 heteroatoms. The van der Waals surface area contributed by atoms with E-state index in [0.717, 1.165) is 0 Å². The molecule has 0 radical (unpaired) electrons. The maximum Gasteiger partial charge on any atom is 0.244 e. The summed E-state index contributed by atoms with van der Waals surface area (Å²) >= 11 is 6.28. The lowest BCUT2D eigenvalue weighted by Crippen LogP contribution is -2.36. The van der Waals surface area contributed by atoms with Gasteiger partial charge in [0.25, 0.3) is 0 Å². The summed E-state index contributed by atoms with van der Waals surface area (Å²) in [6.07, 6.45) is 0. The summed E-state index contributed by atoms with van der Waals surface area (Å²) in [4.78, 5) is 24.7. The summed E-state index contributed by atoms with van der Waals surface area (Å²) in [5.41, 5.74) is 0.620. The lowest BCUT2D eigenvalue weighted by Gasteiger charge is -2.14. The summed E-state index contributed by atoms with van der Waals surface area (Å²) in [7, 11) is 1.56. The van der Waals surface area contributed by atoms with Gasteiger partial charge >= 0.3 is 0 Å². The summed E-state index contributed by atoms with van der Waals surface area (Å²) in [5.74, 6) is 0.550. The summed E-state index contributed by atoms with van der Waals surface area (Å²) in [6, 6.07) is 7.01. The predicted octanol–water partition coefficient (Wildman–Crippen LogP) is 1.49. The van der Waals surface area contributed by atoms with Gasteiger partial charge in [0.1, 0.15) is 16.6 Å². The molecule has 0 aliphatic carbocycles. The molecule has 1 heterocycles. The molecule has 0 saturated carbocycles. The van der Waals surface area contributed by atoms with Gasteiger partial charge in [0.05, 0.1) is 12.9 Å². The van der Waals surface area contributed by atoms with Crippen molar-refractivity contribution in [2.24, 2.45) is 0 Å². The smallest absolute Gasteiger partial charge is 0.244 e. The van der Waals surface area contributed by atoms with Crippen LogP contribution >= 0.6 is 24.0 Å². The van der Waals surface area contributed by atoms with E-state index in [1.165, 1.54) is 16.7 Å². The second kappa shape index (κ2) is 6.03. The Balaban J connectivity index is 1.97. The van der Waals surface area contributed by atoms with Gasteiger partial charge in [0.2, 0.25) is 11.8 Å². The van der Waals surface area contributed by atoms with Crippen molar-refractivity contribution in [3.63, 3.8) is 0 Å². The second-order valence-electron chi connectivity index (χ2n) is 3.81. The quantitative estimate of drug-likeness (QED) is 0.853. The van der Waals surface area contributed by atoms with Crippen LogP contribution in [0.1, 0.15) is 0 Å². The summed E-state index contributed by atoms with van der Waals surface area (Å²) in [5, 5.41) is 2.70. The third-order valence-electron chi connectivity index (χ3n) is 2.50. The lowest BCUT2D eigenvalue weighted by molar-refractivity contribution is -0.127. The Morgan fingerprint density at radius 1 is 1.58 bits per heavy atom. The summed E-state index contributed by atoms with van der Waals surface area (Å²) in [6.45, 7) is -0.0537. The molecule has 0 unspecified atom stereocenters. The predicted molar refractivity (Wildman–Crippen MR) is 78.4 cm³/mol. The van der Waals surface area contributed by atoms with Crippen LogP contribution in [0.15, 0.2) is 24.3 Å². The van der Waals surface area contributed by atoms with Crippen LogP contribution < -0.4 is 10.1 Å². The van der Waals surface area contributed by atoms with E-state index in [4.69, 9.17) is 17.0 Å². The minimum absolute atomic E-state index is 0.0537. The Morgan fingerprint density at radius 3 is 3.00 bits per heavy atom. The minimum atomic E-state index is -0.286. The van der Waals surface area contributed by atoms with Crippen LogP contribution in [0.4, 0.5) is 5.69 Å². The molecule has 1 aromatic rings. The van der Waals surface area contributed by atoms with Crippen molar-refractivity contribution in [1.29, 1.82) is 0 Å². The average Bonchev–Trinajstić information content (AvgIpc) is 2.71.